The average molecular weight is 466 g/mol. The van der Waals surface area contributed by atoms with Gasteiger partial charge < -0.3 is 19.5 Å². The molecule has 2 atom stereocenters. The number of hydrogen-bond donors (Lipinski definition) is 3. The monoisotopic (exact) mass is 465 g/mol. The number of aliphatic hydroxyl groups excluding tert-OH is 2. The van der Waals surface area contributed by atoms with E-state index < -0.39 is 12.5 Å². The summed E-state index contributed by atoms with van der Waals surface area (Å²) >= 11 is 7.40. The summed E-state index contributed by atoms with van der Waals surface area (Å²) < 4.78 is 20.7. The van der Waals surface area contributed by atoms with E-state index in [0.717, 1.165) is 17.7 Å². The third-order valence-electron chi connectivity index (χ3n) is 4.64. The van der Waals surface area contributed by atoms with E-state index in [-0.39, 0.29) is 5.82 Å². The number of thiazole rings is 1. The molecule has 0 radical (unpaired) electrons. The van der Waals surface area contributed by atoms with Crippen molar-refractivity contribution in [1.29, 1.82) is 0 Å². The van der Waals surface area contributed by atoms with Crippen LogP contribution in [0.15, 0.2) is 52.8 Å². The third kappa shape index (κ3) is 6.15. The maximum absolute atomic E-state index is 13.4. The van der Waals surface area contributed by atoms with Crippen molar-refractivity contribution in [3.63, 3.8) is 0 Å². The Kier molecular flexibility index (Phi) is 8.22. The number of nitrogens with one attached hydrogen (secondary N) is 1. The second-order valence-corrected chi connectivity index (χ2v) is 8.21. The molecule has 3 N–H and O–H groups in total. The van der Waals surface area contributed by atoms with Gasteiger partial charge in [-0.05, 0) is 67.9 Å². The quantitative estimate of drug-likeness (QED) is 0.330. The summed E-state index contributed by atoms with van der Waals surface area (Å²) in [5, 5.41) is 25.6. The fourth-order valence-corrected chi connectivity index (χ4v) is 4.24. The van der Waals surface area contributed by atoms with Gasteiger partial charge in [0.2, 0.25) is 0 Å². The van der Waals surface area contributed by atoms with Crippen molar-refractivity contribution in [3.05, 3.63) is 69.0 Å². The van der Waals surface area contributed by atoms with Crippen LogP contribution in [0.2, 0.25) is 5.02 Å². The Morgan fingerprint density at radius 2 is 1.97 bits per heavy atom. The highest BCUT2D eigenvalue weighted by atomic mass is 35.5. The lowest BCUT2D eigenvalue weighted by Gasteiger charge is -2.13. The lowest BCUT2D eigenvalue weighted by molar-refractivity contribution is 0.156. The SMILES string of the molecule is COc1cc(Cl)ccc1C(O)N=c1scc(-c2ccc(F)cc2)n1CCCNC(C)O. The fraction of sp³-hybridized carbons (Fsp3) is 0.318. The molecule has 166 valence electrons. The van der Waals surface area contributed by atoms with Gasteiger partial charge in [-0.1, -0.05) is 11.6 Å². The van der Waals surface area contributed by atoms with Gasteiger partial charge in [-0.25, -0.2) is 9.38 Å². The van der Waals surface area contributed by atoms with E-state index >= 15 is 0 Å². The van der Waals surface area contributed by atoms with Crippen LogP contribution in [-0.2, 0) is 6.54 Å². The number of nitrogens with zero attached hydrogens (tertiary/aromatic N) is 2. The summed E-state index contributed by atoms with van der Waals surface area (Å²) in [6, 6.07) is 11.2. The van der Waals surface area contributed by atoms with Gasteiger partial charge in [0.25, 0.3) is 0 Å². The van der Waals surface area contributed by atoms with E-state index in [1.54, 1.807) is 37.3 Å². The van der Waals surface area contributed by atoms with Crippen molar-refractivity contribution in [2.24, 2.45) is 4.99 Å². The summed E-state index contributed by atoms with van der Waals surface area (Å²) in [5.41, 5.74) is 2.23. The summed E-state index contributed by atoms with van der Waals surface area (Å²) in [5.74, 6) is 0.147. The first-order valence-corrected chi connectivity index (χ1v) is 11.1. The molecule has 0 saturated heterocycles. The van der Waals surface area contributed by atoms with E-state index in [4.69, 9.17) is 16.3 Å². The van der Waals surface area contributed by atoms with Crippen LogP contribution in [0.1, 0.15) is 25.1 Å². The molecule has 0 spiro atoms. The van der Waals surface area contributed by atoms with Crippen LogP contribution in [0.5, 0.6) is 5.75 Å². The van der Waals surface area contributed by atoms with Gasteiger partial charge in [0.15, 0.2) is 11.0 Å². The Balaban J connectivity index is 1.97. The number of methoxy groups -OCH3 is 1. The van der Waals surface area contributed by atoms with Gasteiger partial charge >= 0.3 is 0 Å². The number of benzene rings is 2. The van der Waals surface area contributed by atoms with Gasteiger partial charge in [0.05, 0.1) is 12.8 Å². The van der Waals surface area contributed by atoms with Gasteiger partial charge in [0.1, 0.15) is 17.8 Å². The Morgan fingerprint density at radius 1 is 1.23 bits per heavy atom. The van der Waals surface area contributed by atoms with E-state index in [0.29, 0.717) is 34.2 Å². The van der Waals surface area contributed by atoms with Crippen LogP contribution in [0, 0.1) is 5.82 Å². The van der Waals surface area contributed by atoms with Gasteiger partial charge in [-0.2, -0.15) is 0 Å². The average Bonchev–Trinajstić information content (AvgIpc) is 3.13. The maximum Gasteiger partial charge on any atom is 0.188 e. The van der Waals surface area contributed by atoms with Crippen molar-refractivity contribution in [2.45, 2.75) is 32.3 Å². The van der Waals surface area contributed by atoms with E-state index in [1.807, 2.05) is 9.95 Å². The lowest BCUT2D eigenvalue weighted by atomic mass is 10.1. The molecule has 31 heavy (non-hydrogen) atoms. The normalized spacial score (nSPS) is 13.9. The second-order valence-electron chi connectivity index (χ2n) is 6.93. The number of rotatable bonds is 9. The number of aliphatic hydroxyl groups is 2. The van der Waals surface area contributed by atoms with Crippen LogP contribution < -0.4 is 14.9 Å². The molecule has 0 bridgehead atoms. The molecule has 3 rings (SSSR count). The highest BCUT2D eigenvalue weighted by molar-refractivity contribution is 7.07. The van der Waals surface area contributed by atoms with Crippen molar-refractivity contribution in [3.8, 4) is 17.0 Å². The molecule has 0 fully saturated rings. The summed E-state index contributed by atoms with van der Waals surface area (Å²) in [6.45, 7) is 2.87. The first kappa shape index (κ1) is 23.4. The predicted octanol–water partition coefficient (Wildman–Crippen LogP) is 3.93. The molecule has 0 aliphatic carbocycles. The van der Waals surface area contributed by atoms with Crippen molar-refractivity contribution in [2.75, 3.05) is 13.7 Å². The highest BCUT2D eigenvalue weighted by Gasteiger charge is 2.15. The predicted molar refractivity (Wildman–Crippen MR) is 121 cm³/mol. The molecule has 0 saturated carbocycles. The second kappa shape index (κ2) is 10.9. The Bertz CT molecular complexity index is 1070. The molecule has 1 aromatic heterocycles. The molecule has 3 aromatic rings. The highest BCUT2D eigenvalue weighted by Crippen LogP contribution is 2.29. The number of ether oxygens (including phenoxy) is 1. The first-order chi connectivity index (χ1) is 14.9. The van der Waals surface area contributed by atoms with E-state index in [2.05, 4.69) is 10.3 Å². The zero-order chi connectivity index (χ0) is 22.4. The topological polar surface area (TPSA) is 79.0 Å². The smallest absolute Gasteiger partial charge is 0.188 e. The molecule has 1 heterocycles. The summed E-state index contributed by atoms with van der Waals surface area (Å²) in [7, 11) is 1.51. The minimum absolute atomic E-state index is 0.304. The van der Waals surface area contributed by atoms with Crippen LogP contribution in [0.25, 0.3) is 11.3 Å². The molecular weight excluding hydrogens is 441 g/mol. The van der Waals surface area contributed by atoms with Crippen molar-refractivity contribution in [1.82, 2.24) is 9.88 Å². The van der Waals surface area contributed by atoms with Crippen LogP contribution in [0.4, 0.5) is 4.39 Å². The molecule has 9 heteroatoms. The first-order valence-electron chi connectivity index (χ1n) is 9.80. The van der Waals surface area contributed by atoms with Gasteiger partial charge in [-0.15, -0.1) is 11.3 Å². The van der Waals surface area contributed by atoms with Gasteiger partial charge in [-0.3, -0.25) is 5.32 Å². The number of aromatic nitrogens is 1. The molecular formula is C22H25ClFN3O3S. The Morgan fingerprint density at radius 3 is 2.65 bits per heavy atom. The zero-order valence-corrected chi connectivity index (χ0v) is 18.8. The molecule has 0 amide bonds. The van der Waals surface area contributed by atoms with Crippen LogP contribution >= 0.6 is 22.9 Å². The molecule has 6 nitrogen and oxygen atoms in total. The third-order valence-corrected chi connectivity index (χ3v) is 5.76. The van der Waals surface area contributed by atoms with E-state index in [1.165, 1.54) is 30.6 Å². The Labute approximate surface area is 189 Å². The van der Waals surface area contributed by atoms with E-state index in [9.17, 15) is 14.6 Å². The number of halogens is 2. The summed E-state index contributed by atoms with van der Waals surface area (Å²) in [4.78, 5) is 5.13. The molecule has 2 unspecified atom stereocenters. The minimum atomic E-state index is -1.14. The zero-order valence-electron chi connectivity index (χ0n) is 17.3. The lowest BCUT2D eigenvalue weighted by Crippen LogP contribution is -2.28. The minimum Gasteiger partial charge on any atom is -0.496 e. The Hall–Kier alpha value is -2.23. The fourth-order valence-electron chi connectivity index (χ4n) is 3.12. The maximum atomic E-state index is 13.4. The summed E-state index contributed by atoms with van der Waals surface area (Å²) in [6.07, 6.45) is -1.01. The molecule has 0 aliphatic rings. The van der Waals surface area contributed by atoms with Crippen molar-refractivity contribution < 1.29 is 19.3 Å². The largest absolute Gasteiger partial charge is 0.496 e. The standard InChI is InChI=1S/C22H25ClFN3O3S/c1-14(28)25-10-3-11-27-19(15-4-7-17(24)8-5-15)13-31-22(27)26-21(29)18-9-6-16(23)12-20(18)30-2/h4-9,12-14,21,25,28-29H,3,10-11H2,1-2H3. The van der Waals surface area contributed by atoms with Crippen LogP contribution in [0.3, 0.4) is 0 Å². The van der Waals surface area contributed by atoms with Crippen LogP contribution in [-0.4, -0.2) is 34.7 Å². The van der Waals surface area contributed by atoms with Crippen molar-refractivity contribution >= 4 is 22.9 Å². The molecule has 0 aliphatic heterocycles. The molecule has 2 aromatic carbocycles. The number of hydrogen-bond acceptors (Lipinski definition) is 6. The van der Waals surface area contributed by atoms with Gasteiger partial charge in [0, 0.05) is 22.5 Å².